The molecule has 0 spiro atoms. The lowest BCUT2D eigenvalue weighted by atomic mass is 10.1. The molecule has 1 aliphatic rings. The van der Waals surface area contributed by atoms with E-state index in [2.05, 4.69) is 32.0 Å². The van der Waals surface area contributed by atoms with Crippen LogP contribution in [0, 0.1) is 5.92 Å². The number of hydrogen-bond donors (Lipinski definition) is 0. The summed E-state index contributed by atoms with van der Waals surface area (Å²) in [6, 6.07) is 0. The maximum absolute atomic E-state index is 3.93. The smallest absolute Gasteiger partial charge is 0.0320 e. The number of nitrogens with zero attached hydrogens (tertiary/aromatic N) is 1. The van der Waals surface area contributed by atoms with Gasteiger partial charge in [-0.1, -0.05) is 20.1 Å². The van der Waals surface area contributed by atoms with Crippen LogP contribution in [-0.4, -0.2) is 18.5 Å². The molecule has 0 aromatic heterocycles. The maximum atomic E-state index is 3.93. The molecule has 50 valence electrons. The predicted octanol–water partition coefficient (Wildman–Crippen LogP) is 1.64. The summed E-state index contributed by atoms with van der Waals surface area (Å²) in [5.74, 6) is 0.600. The third-order valence-corrected chi connectivity index (χ3v) is 1.97. The van der Waals surface area contributed by atoms with Gasteiger partial charge in [0.05, 0.1) is 0 Å². The first-order chi connectivity index (χ1) is 4.13. The molecule has 1 unspecified atom stereocenters. The Labute approximate surface area is 56.7 Å². The first-order valence-electron chi connectivity index (χ1n) is 3.22. The van der Waals surface area contributed by atoms with Crippen LogP contribution in [0.4, 0.5) is 0 Å². The van der Waals surface area contributed by atoms with Crippen molar-refractivity contribution in [3.05, 3.63) is 24.4 Å². The summed E-state index contributed by atoms with van der Waals surface area (Å²) in [6.07, 6.45) is 0. The summed E-state index contributed by atoms with van der Waals surface area (Å²) in [6.45, 7) is 11.1. The number of hydrogen-bond acceptors (Lipinski definition) is 1. The second-order valence-corrected chi connectivity index (χ2v) is 2.75. The van der Waals surface area contributed by atoms with Crippen molar-refractivity contribution in [3.63, 3.8) is 0 Å². The van der Waals surface area contributed by atoms with Crippen LogP contribution in [0.3, 0.4) is 0 Å². The molecule has 0 saturated carbocycles. The standard InChI is InChI=1S/C8H13N/c1-6-5-9(4)8(3)7(6)2/h6H,2-3,5H2,1,4H3. The Hall–Kier alpha value is -0.720. The molecule has 1 saturated heterocycles. The number of rotatable bonds is 0. The molecule has 0 N–H and O–H groups in total. The lowest BCUT2D eigenvalue weighted by Crippen LogP contribution is -2.10. The van der Waals surface area contributed by atoms with Gasteiger partial charge >= 0.3 is 0 Å². The van der Waals surface area contributed by atoms with Gasteiger partial charge in [-0.2, -0.15) is 0 Å². The number of likely N-dealkylation sites (N-methyl/N-ethyl adjacent to an activating group) is 1. The third kappa shape index (κ3) is 0.869. The molecular weight excluding hydrogens is 110 g/mol. The fourth-order valence-electron chi connectivity index (χ4n) is 1.16. The normalized spacial score (nSPS) is 27.8. The Balaban J connectivity index is 2.77. The highest BCUT2D eigenvalue weighted by Gasteiger charge is 2.21. The van der Waals surface area contributed by atoms with Crippen molar-refractivity contribution < 1.29 is 0 Å². The molecule has 0 aromatic carbocycles. The largest absolute Gasteiger partial charge is 0.374 e. The minimum Gasteiger partial charge on any atom is -0.374 e. The molecular formula is C8H13N. The average Bonchev–Trinajstić information content (AvgIpc) is 1.98. The van der Waals surface area contributed by atoms with Crippen LogP contribution in [-0.2, 0) is 0 Å². The van der Waals surface area contributed by atoms with Gasteiger partial charge in [-0.15, -0.1) is 0 Å². The molecule has 1 rings (SSSR count). The Morgan fingerprint density at radius 2 is 2.11 bits per heavy atom. The Bertz CT molecular complexity index is 140. The van der Waals surface area contributed by atoms with Crippen LogP contribution in [0.25, 0.3) is 0 Å². The molecule has 0 radical (unpaired) electrons. The van der Waals surface area contributed by atoms with Gasteiger partial charge in [0.1, 0.15) is 0 Å². The fraction of sp³-hybridized carbons (Fsp3) is 0.500. The van der Waals surface area contributed by atoms with Gasteiger partial charge in [-0.25, -0.2) is 0 Å². The second-order valence-electron chi connectivity index (χ2n) is 2.75. The van der Waals surface area contributed by atoms with E-state index in [1.807, 2.05) is 0 Å². The third-order valence-electron chi connectivity index (χ3n) is 1.97. The molecule has 1 aliphatic heterocycles. The van der Waals surface area contributed by atoms with Crippen LogP contribution in [0.2, 0.25) is 0 Å². The van der Waals surface area contributed by atoms with Crippen molar-refractivity contribution in [2.75, 3.05) is 13.6 Å². The molecule has 0 bridgehead atoms. The van der Waals surface area contributed by atoms with Gasteiger partial charge in [0.2, 0.25) is 0 Å². The SMILES string of the molecule is C=C1C(=C)N(C)CC1C. The van der Waals surface area contributed by atoms with Crippen LogP contribution in [0.5, 0.6) is 0 Å². The van der Waals surface area contributed by atoms with Gasteiger partial charge in [-0.05, 0) is 5.57 Å². The van der Waals surface area contributed by atoms with Gasteiger partial charge in [0.15, 0.2) is 0 Å². The van der Waals surface area contributed by atoms with E-state index in [0.29, 0.717) is 5.92 Å². The van der Waals surface area contributed by atoms with Crippen molar-refractivity contribution in [2.45, 2.75) is 6.92 Å². The van der Waals surface area contributed by atoms with Crippen molar-refractivity contribution in [1.29, 1.82) is 0 Å². The molecule has 1 heteroatoms. The predicted molar refractivity (Wildman–Crippen MR) is 40.1 cm³/mol. The summed E-state index contributed by atoms with van der Waals surface area (Å²) in [4.78, 5) is 2.15. The summed E-state index contributed by atoms with van der Waals surface area (Å²) in [7, 11) is 2.05. The molecule has 0 aliphatic carbocycles. The molecule has 0 amide bonds. The minimum atomic E-state index is 0.600. The topological polar surface area (TPSA) is 3.24 Å². The minimum absolute atomic E-state index is 0.600. The van der Waals surface area contributed by atoms with Gasteiger partial charge in [-0.3, -0.25) is 0 Å². The highest BCUT2D eigenvalue weighted by Crippen LogP contribution is 2.27. The van der Waals surface area contributed by atoms with E-state index in [-0.39, 0.29) is 0 Å². The van der Waals surface area contributed by atoms with Crippen molar-refractivity contribution in [1.82, 2.24) is 4.90 Å². The van der Waals surface area contributed by atoms with Crippen LogP contribution >= 0.6 is 0 Å². The van der Waals surface area contributed by atoms with Crippen LogP contribution in [0.15, 0.2) is 24.4 Å². The molecule has 1 nitrogen and oxygen atoms in total. The van der Waals surface area contributed by atoms with Gasteiger partial charge in [0.25, 0.3) is 0 Å². The quantitative estimate of drug-likeness (QED) is 0.473. The fourth-order valence-corrected chi connectivity index (χ4v) is 1.16. The van der Waals surface area contributed by atoms with Crippen LogP contribution in [0.1, 0.15) is 6.92 Å². The summed E-state index contributed by atoms with van der Waals surface area (Å²) in [5.41, 5.74) is 2.29. The summed E-state index contributed by atoms with van der Waals surface area (Å²) < 4.78 is 0. The Morgan fingerprint density at radius 3 is 2.22 bits per heavy atom. The highest BCUT2D eigenvalue weighted by molar-refractivity contribution is 5.30. The summed E-state index contributed by atoms with van der Waals surface area (Å²) in [5, 5.41) is 0. The van der Waals surface area contributed by atoms with Gasteiger partial charge < -0.3 is 4.90 Å². The Kier molecular flexibility index (Phi) is 1.35. The van der Waals surface area contributed by atoms with E-state index in [1.165, 1.54) is 5.57 Å². The van der Waals surface area contributed by atoms with Gasteiger partial charge in [0, 0.05) is 25.2 Å². The second kappa shape index (κ2) is 1.90. The monoisotopic (exact) mass is 123 g/mol. The first kappa shape index (κ1) is 6.40. The molecule has 0 aromatic rings. The number of likely N-dealkylation sites (tertiary alicyclic amines) is 1. The zero-order valence-electron chi connectivity index (χ0n) is 6.15. The van der Waals surface area contributed by atoms with E-state index in [0.717, 1.165) is 12.2 Å². The zero-order chi connectivity index (χ0) is 7.02. The average molecular weight is 123 g/mol. The van der Waals surface area contributed by atoms with Crippen molar-refractivity contribution in [3.8, 4) is 0 Å². The van der Waals surface area contributed by atoms with Crippen molar-refractivity contribution in [2.24, 2.45) is 5.92 Å². The zero-order valence-corrected chi connectivity index (χ0v) is 6.15. The van der Waals surface area contributed by atoms with Crippen LogP contribution < -0.4 is 0 Å². The highest BCUT2D eigenvalue weighted by atomic mass is 15.1. The van der Waals surface area contributed by atoms with Crippen molar-refractivity contribution >= 4 is 0 Å². The Morgan fingerprint density at radius 1 is 1.56 bits per heavy atom. The molecule has 1 heterocycles. The van der Waals surface area contributed by atoms with E-state index in [9.17, 15) is 0 Å². The molecule has 9 heavy (non-hydrogen) atoms. The molecule has 1 fully saturated rings. The lowest BCUT2D eigenvalue weighted by Gasteiger charge is -2.09. The van der Waals surface area contributed by atoms with E-state index in [4.69, 9.17) is 0 Å². The van der Waals surface area contributed by atoms with E-state index in [1.54, 1.807) is 0 Å². The van der Waals surface area contributed by atoms with E-state index < -0.39 is 0 Å². The first-order valence-corrected chi connectivity index (χ1v) is 3.22. The lowest BCUT2D eigenvalue weighted by molar-refractivity contribution is 0.449. The summed E-state index contributed by atoms with van der Waals surface area (Å²) >= 11 is 0. The molecule has 1 atom stereocenters. The number of allylic oxidation sites excluding steroid dienone is 1. The maximum Gasteiger partial charge on any atom is 0.0320 e. The van der Waals surface area contributed by atoms with E-state index >= 15 is 0 Å².